The lowest BCUT2D eigenvalue weighted by Gasteiger charge is -2.34. The van der Waals surface area contributed by atoms with Gasteiger partial charge in [0, 0.05) is 79.7 Å². The standard InChI is InChI=1S/C43H38F2N4O3.ClH/c44-43(45)23-24-49(42(52)33-19-21-34(22-20-33)46-41(51)36-16-8-7-15-35(36)32-13-5-2-6-14-32)39-18-10-9-17-37(39)38(43)29-40(50)48-27-25-47(26-28-48)30-31-11-3-1-4-12-31;/h1-22,29H,23-28,30H2,(H,46,51);1H/b38-29-;. The Hall–Kier alpha value is -5.64. The van der Waals surface area contributed by atoms with Crippen LogP contribution in [0.4, 0.5) is 20.2 Å². The molecule has 0 spiro atoms. The Kier molecular flexibility index (Phi) is 11.5. The van der Waals surface area contributed by atoms with Crippen molar-refractivity contribution in [3.05, 3.63) is 162 Å². The number of hydrogen-bond donors (Lipinski definition) is 1. The van der Waals surface area contributed by atoms with Gasteiger partial charge < -0.3 is 15.1 Å². The van der Waals surface area contributed by atoms with Crippen molar-refractivity contribution in [2.45, 2.75) is 18.9 Å². The Labute approximate surface area is 314 Å². The smallest absolute Gasteiger partial charge is 0.275 e. The van der Waals surface area contributed by atoms with E-state index in [0.29, 0.717) is 43.1 Å². The fourth-order valence-corrected chi connectivity index (χ4v) is 6.82. The van der Waals surface area contributed by atoms with E-state index >= 15 is 8.78 Å². The number of hydrogen-bond acceptors (Lipinski definition) is 4. The minimum atomic E-state index is -3.35. The van der Waals surface area contributed by atoms with Crippen molar-refractivity contribution in [3.8, 4) is 11.1 Å². The van der Waals surface area contributed by atoms with Gasteiger partial charge in [-0.25, -0.2) is 8.78 Å². The lowest BCUT2D eigenvalue weighted by atomic mass is 9.96. The number of anilines is 2. The summed E-state index contributed by atoms with van der Waals surface area (Å²) in [6.45, 7) is 2.67. The van der Waals surface area contributed by atoms with Gasteiger partial charge in [0.05, 0.1) is 5.69 Å². The molecule has 2 aliphatic rings. The number of nitrogens with one attached hydrogen (secondary N) is 1. The molecule has 270 valence electrons. The van der Waals surface area contributed by atoms with Gasteiger partial charge in [0.2, 0.25) is 5.91 Å². The first kappa shape index (κ1) is 37.1. The fourth-order valence-electron chi connectivity index (χ4n) is 6.82. The van der Waals surface area contributed by atoms with Gasteiger partial charge in [-0.15, -0.1) is 12.4 Å². The van der Waals surface area contributed by atoms with Crippen molar-refractivity contribution >= 4 is 47.1 Å². The third-order valence-corrected chi connectivity index (χ3v) is 9.62. The number of piperazine rings is 1. The number of amides is 3. The molecule has 0 saturated carbocycles. The zero-order valence-corrected chi connectivity index (χ0v) is 29.8. The van der Waals surface area contributed by atoms with Crippen LogP contribution in [0.25, 0.3) is 16.7 Å². The average molecular weight is 733 g/mol. The van der Waals surface area contributed by atoms with Crippen molar-refractivity contribution in [1.29, 1.82) is 0 Å². The Morgan fingerprint density at radius 3 is 1.98 bits per heavy atom. The molecule has 7 nitrogen and oxygen atoms in total. The van der Waals surface area contributed by atoms with Gasteiger partial charge >= 0.3 is 0 Å². The number of alkyl halides is 2. The van der Waals surface area contributed by atoms with Crippen molar-refractivity contribution in [3.63, 3.8) is 0 Å². The summed E-state index contributed by atoms with van der Waals surface area (Å²) in [5.74, 6) is -4.57. The molecule has 5 aromatic rings. The monoisotopic (exact) mass is 732 g/mol. The van der Waals surface area contributed by atoms with E-state index in [1.165, 1.54) is 16.5 Å². The van der Waals surface area contributed by atoms with Crippen LogP contribution in [-0.4, -0.2) is 66.2 Å². The molecule has 0 unspecified atom stereocenters. The Morgan fingerprint density at radius 2 is 1.28 bits per heavy atom. The van der Waals surface area contributed by atoms with E-state index in [1.807, 2.05) is 60.7 Å². The van der Waals surface area contributed by atoms with Crippen molar-refractivity contribution in [2.24, 2.45) is 0 Å². The van der Waals surface area contributed by atoms with E-state index in [9.17, 15) is 14.4 Å². The molecule has 10 heteroatoms. The second kappa shape index (κ2) is 16.4. The number of allylic oxidation sites excluding steroid dienone is 1. The summed E-state index contributed by atoms with van der Waals surface area (Å²) in [5.41, 5.74) is 4.23. The lowest BCUT2D eigenvalue weighted by Crippen LogP contribution is -2.48. The number of fused-ring (bicyclic) bond motifs is 1. The summed E-state index contributed by atoms with van der Waals surface area (Å²) < 4.78 is 31.8. The topological polar surface area (TPSA) is 73.0 Å². The molecular formula is C43H39ClF2N4O3. The van der Waals surface area contributed by atoms with Gasteiger partial charge in [0.15, 0.2) is 0 Å². The maximum absolute atomic E-state index is 15.9. The van der Waals surface area contributed by atoms with E-state index < -0.39 is 24.2 Å². The lowest BCUT2D eigenvalue weighted by molar-refractivity contribution is -0.127. The van der Waals surface area contributed by atoms with Crippen LogP contribution < -0.4 is 10.2 Å². The number of carbonyl (C=O) groups excluding carboxylic acids is 3. The van der Waals surface area contributed by atoms with Crippen LogP contribution >= 0.6 is 12.4 Å². The Morgan fingerprint density at radius 1 is 0.679 bits per heavy atom. The van der Waals surface area contributed by atoms with Gasteiger partial charge in [-0.2, -0.15) is 0 Å². The number of para-hydroxylation sites is 1. The van der Waals surface area contributed by atoms with E-state index in [4.69, 9.17) is 0 Å². The SMILES string of the molecule is Cl.O=C(Nc1ccc(C(=O)N2CCC(F)(F)/C(=C\C(=O)N3CCN(Cc4ccccc4)CC3)c3ccccc32)cc1)c1ccccc1-c1ccccc1. The Bertz CT molecular complexity index is 2100. The molecule has 53 heavy (non-hydrogen) atoms. The highest BCUT2D eigenvalue weighted by atomic mass is 35.5. The van der Waals surface area contributed by atoms with Gasteiger partial charge in [0.25, 0.3) is 17.7 Å². The minimum Gasteiger partial charge on any atom is -0.337 e. The first-order valence-corrected chi connectivity index (χ1v) is 17.4. The molecule has 2 heterocycles. The quantitative estimate of drug-likeness (QED) is 0.171. The minimum absolute atomic E-state index is 0. The number of halogens is 3. The van der Waals surface area contributed by atoms with Crippen LogP contribution in [0, 0.1) is 0 Å². The van der Waals surface area contributed by atoms with Crippen LogP contribution in [0.5, 0.6) is 0 Å². The first-order chi connectivity index (χ1) is 25.3. The predicted octanol–water partition coefficient (Wildman–Crippen LogP) is 8.44. The average Bonchev–Trinajstić information content (AvgIpc) is 3.29. The molecule has 0 aromatic heterocycles. The van der Waals surface area contributed by atoms with Crippen LogP contribution in [0.1, 0.15) is 38.3 Å². The second-order valence-electron chi connectivity index (χ2n) is 13.0. The Balaban J connectivity index is 0.00000481. The third-order valence-electron chi connectivity index (χ3n) is 9.62. The molecular weight excluding hydrogens is 694 g/mol. The first-order valence-electron chi connectivity index (χ1n) is 17.4. The summed E-state index contributed by atoms with van der Waals surface area (Å²) in [6, 6.07) is 39.9. The summed E-state index contributed by atoms with van der Waals surface area (Å²) in [5, 5.41) is 2.91. The number of nitrogens with zero attached hydrogens (tertiary/aromatic N) is 3. The third kappa shape index (κ3) is 8.38. The number of benzene rings is 5. The van der Waals surface area contributed by atoms with Crippen molar-refractivity contribution < 1.29 is 23.2 Å². The highest BCUT2D eigenvalue weighted by molar-refractivity contribution is 6.11. The molecule has 5 aromatic carbocycles. The highest BCUT2D eigenvalue weighted by Gasteiger charge is 2.42. The van der Waals surface area contributed by atoms with E-state index in [2.05, 4.69) is 22.3 Å². The molecule has 1 fully saturated rings. The molecule has 3 amide bonds. The molecule has 1 N–H and O–H groups in total. The largest absolute Gasteiger partial charge is 0.337 e. The second-order valence-corrected chi connectivity index (χ2v) is 13.0. The molecule has 0 aliphatic carbocycles. The van der Waals surface area contributed by atoms with Gasteiger partial charge in [-0.05, 0) is 53.1 Å². The van der Waals surface area contributed by atoms with Crippen molar-refractivity contribution in [2.75, 3.05) is 42.9 Å². The zero-order chi connectivity index (χ0) is 36.1. The van der Waals surface area contributed by atoms with Gasteiger partial charge in [0.1, 0.15) is 0 Å². The summed E-state index contributed by atoms with van der Waals surface area (Å²) >= 11 is 0. The number of rotatable bonds is 7. The van der Waals surface area contributed by atoms with Crippen LogP contribution in [0.3, 0.4) is 0 Å². The van der Waals surface area contributed by atoms with E-state index in [-0.39, 0.29) is 41.6 Å². The molecule has 0 atom stereocenters. The van der Waals surface area contributed by atoms with E-state index in [0.717, 1.165) is 23.7 Å². The van der Waals surface area contributed by atoms with Crippen LogP contribution in [0.15, 0.2) is 140 Å². The molecule has 0 radical (unpaired) electrons. The number of carbonyl (C=O) groups is 3. The maximum atomic E-state index is 15.9. The van der Waals surface area contributed by atoms with Crippen LogP contribution in [0.2, 0.25) is 0 Å². The summed E-state index contributed by atoms with van der Waals surface area (Å²) in [6.07, 6.45) is 0.416. The highest BCUT2D eigenvalue weighted by Crippen LogP contribution is 2.43. The van der Waals surface area contributed by atoms with Gasteiger partial charge in [-0.3, -0.25) is 19.3 Å². The molecule has 2 aliphatic heterocycles. The predicted molar refractivity (Wildman–Crippen MR) is 207 cm³/mol. The normalized spacial score (nSPS) is 16.2. The molecule has 0 bridgehead atoms. The van der Waals surface area contributed by atoms with Crippen molar-refractivity contribution in [1.82, 2.24) is 9.80 Å². The van der Waals surface area contributed by atoms with E-state index in [1.54, 1.807) is 59.5 Å². The molecule has 7 rings (SSSR count). The zero-order valence-electron chi connectivity index (χ0n) is 29.0. The molecule has 1 saturated heterocycles. The summed E-state index contributed by atoms with van der Waals surface area (Å²) in [4.78, 5) is 45.9. The fraction of sp³-hybridized carbons (Fsp3) is 0.186. The summed E-state index contributed by atoms with van der Waals surface area (Å²) in [7, 11) is 0. The van der Waals surface area contributed by atoms with Gasteiger partial charge in [-0.1, -0.05) is 97.1 Å². The maximum Gasteiger partial charge on any atom is 0.275 e. The van der Waals surface area contributed by atoms with Crippen LogP contribution in [-0.2, 0) is 11.3 Å².